The Hall–Kier alpha value is -1.85. The average Bonchev–Trinajstić information content (AvgIpc) is 2.42. The number of anilines is 1. The number of benzene rings is 2. The Morgan fingerprint density at radius 1 is 1.10 bits per heavy atom. The van der Waals surface area contributed by atoms with Crippen LogP contribution in [0.15, 0.2) is 47.2 Å². The number of hydrogen-bond acceptors (Lipinski definition) is 4. The molecule has 2 aromatic carbocycles. The van der Waals surface area contributed by atoms with Gasteiger partial charge in [-0.05, 0) is 52.3 Å². The van der Waals surface area contributed by atoms with Gasteiger partial charge in [-0.1, -0.05) is 11.6 Å². The largest absolute Gasteiger partial charge is 0.437 e. The fourth-order valence-corrected chi connectivity index (χ4v) is 2.56. The highest BCUT2D eigenvalue weighted by Crippen LogP contribution is 2.33. The lowest BCUT2D eigenvalue weighted by Gasteiger charge is -2.09. The van der Waals surface area contributed by atoms with E-state index in [-0.39, 0.29) is 0 Å². The Bertz CT molecular complexity index is 794. The zero-order chi connectivity index (χ0) is 14.1. The molecule has 0 atom stereocenters. The molecule has 0 fully saturated rings. The van der Waals surface area contributed by atoms with E-state index in [1.54, 1.807) is 30.3 Å². The molecule has 0 bridgehead atoms. The van der Waals surface area contributed by atoms with Crippen LogP contribution in [0.3, 0.4) is 0 Å². The van der Waals surface area contributed by atoms with E-state index in [1.165, 1.54) is 6.33 Å². The predicted octanol–water partition coefficient (Wildman–Crippen LogP) is 4.42. The minimum atomic E-state index is 0.449. The lowest BCUT2D eigenvalue weighted by molar-refractivity contribution is 0.465. The maximum Gasteiger partial charge on any atom is 0.230 e. The third-order valence-electron chi connectivity index (χ3n) is 2.72. The van der Waals surface area contributed by atoms with Crippen molar-refractivity contribution < 1.29 is 4.74 Å². The average molecular weight is 351 g/mol. The molecule has 0 saturated carbocycles. The third-order valence-corrected chi connectivity index (χ3v) is 3.58. The summed E-state index contributed by atoms with van der Waals surface area (Å²) in [6.45, 7) is 0. The van der Waals surface area contributed by atoms with E-state index in [1.807, 2.05) is 6.07 Å². The molecule has 2 N–H and O–H groups in total. The molecule has 1 aromatic heterocycles. The first kappa shape index (κ1) is 13.1. The molecule has 100 valence electrons. The second kappa shape index (κ2) is 5.26. The van der Waals surface area contributed by atoms with E-state index in [4.69, 9.17) is 22.1 Å². The van der Waals surface area contributed by atoms with Gasteiger partial charge in [-0.15, -0.1) is 0 Å². The van der Waals surface area contributed by atoms with E-state index >= 15 is 0 Å². The maximum atomic E-state index is 5.91. The van der Waals surface area contributed by atoms with Gasteiger partial charge in [0.05, 0.1) is 15.4 Å². The SMILES string of the molecule is Nc1ccc2ncnc(Oc3ccc(Cl)cc3Br)c2c1. The van der Waals surface area contributed by atoms with Crippen LogP contribution in [0.2, 0.25) is 5.02 Å². The summed E-state index contributed by atoms with van der Waals surface area (Å²) in [6.07, 6.45) is 1.46. The minimum Gasteiger partial charge on any atom is -0.437 e. The Kier molecular flexibility index (Phi) is 3.46. The summed E-state index contributed by atoms with van der Waals surface area (Å²) in [7, 11) is 0. The molecular weight excluding hydrogens is 342 g/mol. The number of halogens is 2. The number of ether oxygens (including phenoxy) is 1. The number of nitrogens with two attached hydrogens (primary N) is 1. The number of nitrogens with zero attached hydrogens (tertiary/aromatic N) is 2. The molecule has 0 aliphatic heterocycles. The van der Waals surface area contributed by atoms with Crippen molar-refractivity contribution in [2.24, 2.45) is 0 Å². The van der Waals surface area contributed by atoms with Crippen LogP contribution in [0, 0.1) is 0 Å². The summed E-state index contributed by atoms with van der Waals surface area (Å²) in [6, 6.07) is 10.7. The molecule has 3 aromatic rings. The predicted molar refractivity (Wildman–Crippen MR) is 83.2 cm³/mol. The highest BCUT2D eigenvalue weighted by Gasteiger charge is 2.09. The van der Waals surface area contributed by atoms with Crippen LogP contribution < -0.4 is 10.5 Å². The summed E-state index contributed by atoms with van der Waals surface area (Å²) in [5, 5.41) is 1.38. The van der Waals surface area contributed by atoms with E-state index < -0.39 is 0 Å². The van der Waals surface area contributed by atoms with Crippen LogP contribution >= 0.6 is 27.5 Å². The van der Waals surface area contributed by atoms with Crippen LogP contribution in [0.4, 0.5) is 5.69 Å². The van der Waals surface area contributed by atoms with Gasteiger partial charge in [0.2, 0.25) is 5.88 Å². The van der Waals surface area contributed by atoms with Crippen molar-refractivity contribution in [3.05, 3.63) is 52.2 Å². The molecule has 0 unspecified atom stereocenters. The third kappa shape index (κ3) is 2.55. The smallest absolute Gasteiger partial charge is 0.230 e. The van der Waals surface area contributed by atoms with Gasteiger partial charge >= 0.3 is 0 Å². The highest BCUT2D eigenvalue weighted by molar-refractivity contribution is 9.10. The maximum absolute atomic E-state index is 5.91. The molecule has 0 spiro atoms. The van der Waals surface area contributed by atoms with E-state index in [0.717, 1.165) is 15.4 Å². The van der Waals surface area contributed by atoms with Gasteiger partial charge in [-0.25, -0.2) is 9.97 Å². The van der Waals surface area contributed by atoms with Gasteiger partial charge in [-0.2, -0.15) is 0 Å². The van der Waals surface area contributed by atoms with Crippen molar-refractivity contribution in [2.75, 3.05) is 5.73 Å². The summed E-state index contributed by atoms with van der Waals surface area (Å²) < 4.78 is 6.57. The normalized spacial score (nSPS) is 10.7. The second-order valence-corrected chi connectivity index (χ2v) is 5.42. The Morgan fingerprint density at radius 3 is 2.75 bits per heavy atom. The van der Waals surface area contributed by atoms with Crippen molar-refractivity contribution in [1.29, 1.82) is 0 Å². The molecule has 0 aliphatic rings. The fraction of sp³-hybridized carbons (Fsp3) is 0. The Morgan fingerprint density at radius 2 is 1.95 bits per heavy atom. The van der Waals surface area contributed by atoms with Crippen molar-refractivity contribution >= 4 is 44.1 Å². The first-order valence-electron chi connectivity index (χ1n) is 5.76. The first-order valence-corrected chi connectivity index (χ1v) is 6.94. The van der Waals surface area contributed by atoms with Crippen LogP contribution in [0.1, 0.15) is 0 Å². The van der Waals surface area contributed by atoms with Crippen LogP contribution in [0.25, 0.3) is 10.9 Å². The molecule has 1 heterocycles. The van der Waals surface area contributed by atoms with Crippen LogP contribution in [-0.2, 0) is 0 Å². The molecule has 6 heteroatoms. The molecule has 3 rings (SSSR count). The number of hydrogen-bond donors (Lipinski definition) is 1. The Balaban J connectivity index is 2.08. The van der Waals surface area contributed by atoms with Crippen LogP contribution in [0.5, 0.6) is 11.6 Å². The number of rotatable bonds is 2. The molecule has 20 heavy (non-hydrogen) atoms. The zero-order valence-corrected chi connectivity index (χ0v) is 12.5. The van der Waals surface area contributed by atoms with Crippen molar-refractivity contribution in [2.45, 2.75) is 0 Å². The van der Waals surface area contributed by atoms with E-state index in [0.29, 0.717) is 22.3 Å². The summed E-state index contributed by atoms with van der Waals surface area (Å²) in [5.41, 5.74) is 7.20. The summed E-state index contributed by atoms with van der Waals surface area (Å²) in [4.78, 5) is 8.35. The molecule has 0 saturated heterocycles. The molecule has 0 amide bonds. The molecular formula is C14H9BrClN3O. The van der Waals surface area contributed by atoms with E-state index in [2.05, 4.69) is 25.9 Å². The van der Waals surface area contributed by atoms with Gasteiger partial charge in [0.1, 0.15) is 12.1 Å². The highest BCUT2D eigenvalue weighted by atomic mass is 79.9. The lowest BCUT2D eigenvalue weighted by Crippen LogP contribution is -1.93. The molecule has 0 radical (unpaired) electrons. The van der Waals surface area contributed by atoms with E-state index in [9.17, 15) is 0 Å². The van der Waals surface area contributed by atoms with Gasteiger partial charge < -0.3 is 10.5 Å². The zero-order valence-electron chi connectivity index (χ0n) is 10.2. The number of fused-ring (bicyclic) bond motifs is 1. The fourth-order valence-electron chi connectivity index (χ4n) is 1.79. The van der Waals surface area contributed by atoms with Crippen molar-refractivity contribution in [3.63, 3.8) is 0 Å². The molecule has 4 nitrogen and oxygen atoms in total. The van der Waals surface area contributed by atoms with Crippen LogP contribution in [-0.4, -0.2) is 9.97 Å². The van der Waals surface area contributed by atoms with Crippen molar-refractivity contribution in [3.8, 4) is 11.6 Å². The topological polar surface area (TPSA) is 61.0 Å². The quantitative estimate of drug-likeness (QED) is 0.695. The van der Waals surface area contributed by atoms with Gasteiger partial charge in [-0.3, -0.25) is 0 Å². The minimum absolute atomic E-state index is 0.449. The number of nitrogen functional groups attached to an aromatic ring is 1. The summed E-state index contributed by atoms with van der Waals surface area (Å²) in [5.74, 6) is 1.07. The van der Waals surface area contributed by atoms with Gasteiger partial charge in [0.25, 0.3) is 0 Å². The monoisotopic (exact) mass is 349 g/mol. The lowest BCUT2D eigenvalue weighted by atomic mass is 10.2. The van der Waals surface area contributed by atoms with Gasteiger partial charge in [0.15, 0.2) is 0 Å². The van der Waals surface area contributed by atoms with Crippen molar-refractivity contribution in [1.82, 2.24) is 9.97 Å². The molecule has 0 aliphatic carbocycles. The number of aromatic nitrogens is 2. The Labute approximate surface area is 128 Å². The van der Waals surface area contributed by atoms with Gasteiger partial charge in [0, 0.05) is 10.7 Å². The summed E-state index contributed by atoms with van der Waals surface area (Å²) >= 11 is 9.31. The standard InChI is InChI=1S/C14H9BrClN3O/c15-11-5-8(16)1-4-13(11)20-14-10-6-9(17)2-3-12(10)18-7-19-14/h1-7H,17H2. The second-order valence-electron chi connectivity index (χ2n) is 4.13. The first-order chi connectivity index (χ1) is 9.63.